The second-order valence-corrected chi connectivity index (χ2v) is 4.33. The number of ether oxygens (including phenoxy) is 1. The Hall–Kier alpha value is -1.02. The van der Waals surface area contributed by atoms with Crippen LogP contribution in [0.1, 0.15) is 31.4 Å². The molecule has 2 rings (SSSR count). The van der Waals surface area contributed by atoms with E-state index < -0.39 is 0 Å². The highest BCUT2D eigenvalue weighted by Crippen LogP contribution is 2.29. The van der Waals surface area contributed by atoms with E-state index in [-0.39, 0.29) is 0 Å². The van der Waals surface area contributed by atoms with Crippen molar-refractivity contribution in [2.75, 3.05) is 13.7 Å². The van der Waals surface area contributed by atoms with E-state index in [0.717, 1.165) is 18.3 Å². The second kappa shape index (κ2) is 4.67. The van der Waals surface area contributed by atoms with E-state index in [1.165, 1.54) is 18.4 Å². The van der Waals surface area contributed by atoms with Crippen LogP contribution in [0.3, 0.4) is 0 Å². The molecule has 1 N–H and O–H groups in total. The van der Waals surface area contributed by atoms with Gasteiger partial charge in [0.2, 0.25) is 0 Å². The van der Waals surface area contributed by atoms with Crippen molar-refractivity contribution in [1.82, 2.24) is 5.32 Å². The molecule has 0 aromatic heterocycles. The van der Waals surface area contributed by atoms with Crippen molar-refractivity contribution in [3.8, 4) is 5.75 Å². The van der Waals surface area contributed by atoms with Gasteiger partial charge in [0.15, 0.2) is 0 Å². The van der Waals surface area contributed by atoms with Crippen molar-refractivity contribution in [2.24, 2.45) is 5.92 Å². The van der Waals surface area contributed by atoms with E-state index >= 15 is 0 Å². The Kier molecular flexibility index (Phi) is 3.27. The number of hydrogen-bond acceptors (Lipinski definition) is 2. The summed E-state index contributed by atoms with van der Waals surface area (Å²) in [6.45, 7) is 3.04. The van der Waals surface area contributed by atoms with Gasteiger partial charge in [-0.15, -0.1) is 0 Å². The Bertz CT molecular complexity index is 303. The summed E-state index contributed by atoms with van der Waals surface area (Å²) < 4.78 is 5.68. The molecule has 1 saturated carbocycles. The minimum absolute atomic E-state index is 0.405. The summed E-state index contributed by atoms with van der Waals surface area (Å²) in [7, 11) is 1.97. The fourth-order valence-corrected chi connectivity index (χ4v) is 1.52. The molecule has 0 heterocycles. The minimum Gasteiger partial charge on any atom is -0.493 e. The van der Waals surface area contributed by atoms with Gasteiger partial charge in [0.1, 0.15) is 5.75 Å². The highest BCUT2D eigenvalue weighted by Gasteiger charge is 2.21. The van der Waals surface area contributed by atoms with Crippen LogP contribution < -0.4 is 10.1 Å². The first-order valence-corrected chi connectivity index (χ1v) is 5.69. The van der Waals surface area contributed by atoms with E-state index in [1.807, 2.05) is 7.05 Å². The summed E-state index contributed by atoms with van der Waals surface area (Å²) in [5.74, 6) is 1.81. The number of benzene rings is 1. The van der Waals surface area contributed by atoms with Gasteiger partial charge in [-0.25, -0.2) is 0 Å². The van der Waals surface area contributed by atoms with Crippen molar-refractivity contribution >= 4 is 0 Å². The molecule has 0 saturated heterocycles. The molecule has 1 aromatic rings. The van der Waals surface area contributed by atoms with Crippen molar-refractivity contribution in [2.45, 2.75) is 25.8 Å². The molecular formula is C13H19NO. The number of rotatable bonds is 5. The third-order valence-electron chi connectivity index (χ3n) is 3.00. The summed E-state index contributed by atoms with van der Waals surface area (Å²) in [4.78, 5) is 0. The molecule has 0 radical (unpaired) electrons. The standard InChI is InChI=1S/C13H19NO/c1-10(14-2)12-5-7-13(8-6-12)15-9-11-3-4-11/h5-8,10-11,14H,3-4,9H2,1-2H3. The topological polar surface area (TPSA) is 21.3 Å². The summed E-state index contributed by atoms with van der Waals surface area (Å²) in [6, 6.07) is 8.78. The van der Waals surface area contributed by atoms with Crippen molar-refractivity contribution in [3.63, 3.8) is 0 Å². The molecule has 2 nitrogen and oxygen atoms in total. The Morgan fingerprint density at radius 2 is 2.00 bits per heavy atom. The van der Waals surface area contributed by atoms with Gasteiger partial charge < -0.3 is 10.1 Å². The lowest BCUT2D eigenvalue weighted by atomic mass is 10.1. The van der Waals surface area contributed by atoms with E-state index in [1.54, 1.807) is 0 Å². The van der Waals surface area contributed by atoms with Crippen molar-refractivity contribution in [1.29, 1.82) is 0 Å². The lowest BCUT2D eigenvalue weighted by molar-refractivity contribution is 0.299. The van der Waals surface area contributed by atoms with Crippen LogP contribution in [0.25, 0.3) is 0 Å². The van der Waals surface area contributed by atoms with Gasteiger partial charge in [-0.3, -0.25) is 0 Å². The van der Waals surface area contributed by atoms with E-state index in [2.05, 4.69) is 36.5 Å². The van der Waals surface area contributed by atoms with Crippen LogP contribution in [0.5, 0.6) is 5.75 Å². The van der Waals surface area contributed by atoms with E-state index in [4.69, 9.17) is 4.74 Å². The van der Waals surface area contributed by atoms with Crippen LogP contribution in [-0.2, 0) is 0 Å². The second-order valence-electron chi connectivity index (χ2n) is 4.33. The molecule has 82 valence electrons. The molecular weight excluding hydrogens is 186 g/mol. The summed E-state index contributed by atoms with van der Waals surface area (Å²) >= 11 is 0. The molecule has 1 aromatic carbocycles. The maximum atomic E-state index is 5.68. The summed E-state index contributed by atoms with van der Waals surface area (Å²) in [5.41, 5.74) is 1.30. The monoisotopic (exact) mass is 205 g/mol. The zero-order valence-corrected chi connectivity index (χ0v) is 9.49. The van der Waals surface area contributed by atoms with Crippen LogP contribution in [0.4, 0.5) is 0 Å². The Labute approximate surface area is 91.6 Å². The van der Waals surface area contributed by atoms with Crippen LogP contribution in [0, 0.1) is 5.92 Å². The zero-order valence-electron chi connectivity index (χ0n) is 9.49. The maximum Gasteiger partial charge on any atom is 0.119 e. The van der Waals surface area contributed by atoms with Gasteiger partial charge in [0, 0.05) is 6.04 Å². The quantitative estimate of drug-likeness (QED) is 0.798. The first-order chi connectivity index (χ1) is 7.29. The predicted molar refractivity (Wildman–Crippen MR) is 62.1 cm³/mol. The molecule has 1 aliphatic rings. The summed E-state index contributed by atoms with van der Waals surface area (Å²) in [5, 5.41) is 3.22. The first-order valence-electron chi connectivity index (χ1n) is 5.69. The average molecular weight is 205 g/mol. The molecule has 0 aliphatic heterocycles. The molecule has 1 aliphatic carbocycles. The molecule has 2 heteroatoms. The van der Waals surface area contributed by atoms with Gasteiger partial charge in [0.05, 0.1) is 6.61 Å². The van der Waals surface area contributed by atoms with Crippen molar-refractivity contribution < 1.29 is 4.74 Å². The Morgan fingerprint density at radius 1 is 1.33 bits per heavy atom. The minimum atomic E-state index is 0.405. The maximum absolute atomic E-state index is 5.68. The van der Waals surface area contributed by atoms with Crippen LogP contribution in [0.2, 0.25) is 0 Å². The molecule has 15 heavy (non-hydrogen) atoms. The third-order valence-corrected chi connectivity index (χ3v) is 3.00. The largest absolute Gasteiger partial charge is 0.493 e. The average Bonchev–Trinajstić information content (AvgIpc) is 3.10. The molecule has 0 bridgehead atoms. The fraction of sp³-hybridized carbons (Fsp3) is 0.538. The lowest BCUT2D eigenvalue weighted by Crippen LogP contribution is -2.12. The predicted octanol–water partition coefficient (Wildman–Crippen LogP) is 2.76. The third kappa shape index (κ3) is 2.96. The first kappa shape index (κ1) is 10.5. The molecule has 1 unspecified atom stereocenters. The SMILES string of the molecule is CNC(C)c1ccc(OCC2CC2)cc1. The van der Waals surface area contributed by atoms with E-state index in [0.29, 0.717) is 6.04 Å². The Morgan fingerprint density at radius 3 is 2.53 bits per heavy atom. The number of hydrogen-bond donors (Lipinski definition) is 1. The van der Waals surface area contributed by atoms with Gasteiger partial charge in [0.25, 0.3) is 0 Å². The van der Waals surface area contributed by atoms with Gasteiger partial charge in [-0.2, -0.15) is 0 Å². The highest BCUT2D eigenvalue weighted by molar-refractivity contribution is 5.28. The highest BCUT2D eigenvalue weighted by atomic mass is 16.5. The fourth-order valence-electron chi connectivity index (χ4n) is 1.52. The zero-order chi connectivity index (χ0) is 10.7. The van der Waals surface area contributed by atoms with Crippen LogP contribution >= 0.6 is 0 Å². The van der Waals surface area contributed by atoms with E-state index in [9.17, 15) is 0 Å². The van der Waals surface area contributed by atoms with Crippen LogP contribution in [-0.4, -0.2) is 13.7 Å². The van der Waals surface area contributed by atoms with Gasteiger partial charge in [-0.05, 0) is 50.4 Å². The lowest BCUT2D eigenvalue weighted by Gasteiger charge is -2.11. The van der Waals surface area contributed by atoms with Gasteiger partial charge >= 0.3 is 0 Å². The van der Waals surface area contributed by atoms with Crippen LogP contribution in [0.15, 0.2) is 24.3 Å². The summed E-state index contributed by atoms with van der Waals surface area (Å²) in [6.07, 6.45) is 2.68. The molecule has 1 atom stereocenters. The molecule has 0 spiro atoms. The van der Waals surface area contributed by atoms with Gasteiger partial charge in [-0.1, -0.05) is 12.1 Å². The Balaban J connectivity index is 1.90. The smallest absolute Gasteiger partial charge is 0.119 e. The van der Waals surface area contributed by atoms with Crippen molar-refractivity contribution in [3.05, 3.63) is 29.8 Å². The normalized spacial score (nSPS) is 17.5. The molecule has 1 fully saturated rings. The number of nitrogens with one attached hydrogen (secondary N) is 1. The molecule has 0 amide bonds.